The number of hydrogen-bond donors (Lipinski definition) is 1. The summed E-state index contributed by atoms with van der Waals surface area (Å²) < 4.78 is 0. The van der Waals surface area contributed by atoms with Gasteiger partial charge in [-0.3, -0.25) is 0 Å². The lowest BCUT2D eigenvalue weighted by molar-refractivity contribution is 0.145. The molecule has 0 aromatic carbocycles. The first-order valence-electron chi connectivity index (χ1n) is 9.10. The fourth-order valence-electron chi connectivity index (χ4n) is 4.10. The molecule has 1 heterocycles. The Labute approximate surface area is 133 Å². The highest BCUT2D eigenvalue weighted by molar-refractivity contribution is 4.85. The molecule has 1 saturated heterocycles. The lowest BCUT2D eigenvalue weighted by atomic mass is 9.78. The summed E-state index contributed by atoms with van der Waals surface area (Å²) in [5.41, 5.74) is 0. The summed E-state index contributed by atoms with van der Waals surface area (Å²) in [6, 6.07) is 2.32. The summed E-state index contributed by atoms with van der Waals surface area (Å²) in [5.74, 6) is 1.94. The normalized spacial score (nSPS) is 30.1. The van der Waals surface area contributed by atoms with Gasteiger partial charge in [-0.05, 0) is 77.3 Å². The maximum Gasteiger partial charge on any atom is 0.00940 e. The first-order chi connectivity index (χ1) is 9.60. The number of nitrogens with zero attached hydrogens (tertiary/aromatic N) is 1. The topological polar surface area (TPSA) is 46.8 Å². The molecular formula is C18H40N2O. The number of piperidine rings is 1. The Balaban J connectivity index is 0.00000220. The molecule has 0 bridgehead atoms. The monoisotopic (exact) mass is 300 g/mol. The van der Waals surface area contributed by atoms with Crippen molar-refractivity contribution in [3.05, 3.63) is 0 Å². The van der Waals surface area contributed by atoms with E-state index in [0.29, 0.717) is 0 Å². The molecule has 3 N–H and O–H groups in total. The van der Waals surface area contributed by atoms with Crippen molar-refractivity contribution in [3.8, 4) is 0 Å². The standard InChI is InChI=1S/C18H36N2.H2O.H2/c1-5-15(4)16-6-8-17(9-7-16)19-18-10-12-20(13-11-18)14(2)3;;/h14-19H,5-13H2,1-4H3;1H2;1H. The average Bonchev–Trinajstić information content (AvgIpc) is 2.48. The van der Waals surface area contributed by atoms with Gasteiger partial charge in [-0.25, -0.2) is 0 Å². The Morgan fingerprint density at radius 3 is 1.95 bits per heavy atom. The van der Waals surface area contributed by atoms with Crippen molar-refractivity contribution >= 4 is 0 Å². The molecular weight excluding hydrogens is 260 g/mol. The van der Waals surface area contributed by atoms with Crippen LogP contribution in [0.4, 0.5) is 0 Å². The van der Waals surface area contributed by atoms with Crippen LogP contribution in [0.5, 0.6) is 0 Å². The fourth-order valence-corrected chi connectivity index (χ4v) is 4.10. The summed E-state index contributed by atoms with van der Waals surface area (Å²) in [7, 11) is 0. The Bertz CT molecular complexity index is 272. The van der Waals surface area contributed by atoms with Gasteiger partial charge < -0.3 is 15.7 Å². The number of hydrogen-bond acceptors (Lipinski definition) is 2. The summed E-state index contributed by atoms with van der Waals surface area (Å²) in [6.07, 6.45) is 9.80. The van der Waals surface area contributed by atoms with Gasteiger partial charge in [0.05, 0.1) is 0 Å². The van der Waals surface area contributed by atoms with Gasteiger partial charge in [-0.2, -0.15) is 0 Å². The largest absolute Gasteiger partial charge is 0.412 e. The van der Waals surface area contributed by atoms with Crippen LogP contribution in [-0.4, -0.2) is 41.6 Å². The molecule has 128 valence electrons. The third kappa shape index (κ3) is 5.54. The van der Waals surface area contributed by atoms with E-state index in [1.54, 1.807) is 0 Å². The maximum absolute atomic E-state index is 3.97. The van der Waals surface area contributed by atoms with Crippen molar-refractivity contribution in [1.29, 1.82) is 0 Å². The van der Waals surface area contributed by atoms with Crippen LogP contribution in [0.15, 0.2) is 0 Å². The molecule has 3 heteroatoms. The minimum absolute atomic E-state index is 0. The highest BCUT2D eigenvalue weighted by Gasteiger charge is 2.27. The molecule has 1 unspecified atom stereocenters. The van der Waals surface area contributed by atoms with Crippen LogP contribution in [0, 0.1) is 11.8 Å². The minimum Gasteiger partial charge on any atom is -0.412 e. The number of likely N-dealkylation sites (tertiary alicyclic amines) is 1. The molecule has 0 radical (unpaired) electrons. The Hall–Kier alpha value is -0.120. The van der Waals surface area contributed by atoms with E-state index in [-0.39, 0.29) is 6.90 Å². The van der Waals surface area contributed by atoms with Crippen LogP contribution in [0.2, 0.25) is 0 Å². The maximum atomic E-state index is 3.97. The molecule has 0 spiro atoms. The van der Waals surface area contributed by atoms with E-state index < -0.39 is 0 Å². The first-order valence-corrected chi connectivity index (χ1v) is 9.10. The molecule has 0 amide bonds. The van der Waals surface area contributed by atoms with Crippen molar-refractivity contribution in [2.24, 2.45) is 11.8 Å². The predicted molar refractivity (Wildman–Crippen MR) is 93.8 cm³/mol. The Morgan fingerprint density at radius 1 is 0.952 bits per heavy atom. The van der Waals surface area contributed by atoms with E-state index >= 15 is 0 Å². The molecule has 2 fully saturated rings. The molecule has 2 aliphatic rings. The molecule has 21 heavy (non-hydrogen) atoms. The van der Waals surface area contributed by atoms with Crippen LogP contribution >= 0.6 is 0 Å². The molecule has 0 aromatic rings. The second-order valence-corrected chi connectivity index (χ2v) is 7.57. The van der Waals surface area contributed by atoms with Gasteiger partial charge in [0.2, 0.25) is 0 Å². The highest BCUT2D eigenvalue weighted by atomic mass is 16.0. The number of nitrogens with one attached hydrogen (secondary N) is 1. The summed E-state index contributed by atoms with van der Waals surface area (Å²) in [6.45, 7) is 12.0. The van der Waals surface area contributed by atoms with Crippen LogP contribution in [0.25, 0.3) is 0 Å². The van der Waals surface area contributed by atoms with Crippen LogP contribution < -0.4 is 5.32 Å². The van der Waals surface area contributed by atoms with Gasteiger partial charge in [0.15, 0.2) is 0 Å². The molecule has 1 atom stereocenters. The predicted octanol–water partition coefficient (Wildman–Crippen LogP) is 3.48. The lowest BCUT2D eigenvalue weighted by Gasteiger charge is -2.39. The van der Waals surface area contributed by atoms with Crippen molar-refractivity contribution in [2.45, 2.75) is 90.8 Å². The zero-order valence-corrected chi connectivity index (χ0v) is 14.7. The minimum atomic E-state index is 0. The Morgan fingerprint density at radius 2 is 1.48 bits per heavy atom. The van der Waals surface area contributed by atoms with E-state index in [2.05, 4.69) is 37.9 Å². The number of rotatable bonds is 5. The molecule has 1 aliphatic heterocycles. The zero-order valence-electron chi connectivity index (χ0n) is 14.7. The summed E-state index contributed by atoms with van der Waals surface area (Å²) in [4.78, 5) is 2.62. The van der Waals surface area contributed by atoms with E-state index in [9.17, 15) is 0 Å². The molecule has 3 nitrogen and oxygen atoms in total. The second kappa shape index (κ2) is 9.12. The SMILES string of the molecule is CCC(C)C1CCC(NC2CCN(C(C)C)CC2)CC1.O.[HH]. The Kier molecular flexibility index (Phi) is 8.22. The zero-order chi connectivity index (χ0) is 14.5. The fraction of sp³-hybridized carbons (Fsp3) is 1.00. The van der Waals surface area contributed by atoms with Gasteiger partial charge in [-0.15, -0.1) is 0 Å². The van der Waals surface area contributed by atoms with Gasteiger partial charge in [0.1, 0.15) is 0 Å². The van der Waals surface area contributed by atoms with Crippen molar-refractivity contribution in [3.63, 3.8) is 0 Å². The van der Waals surface area contributed by atoms with Gasteiger partial charge in [-0.1, -0.05) is 20.3 Å². The van der Waals surface area contributed by atoms with Crippen LogP contribution in [0.3, 0.4) is 0 Å². The third-order valence-electron chi connectivity index (χ3n) is 5.95. The average molecular weight is 301 g/mol. The highest BCUT2D eigenvalue weighted by Crippen LogP contribution is 2.32. The van der Waals surface area contributed by atoms with Gasteiger partial charge in [0, 0.05) is 19.6 Å². The van der Waals surface area contributed by atoms with Crippen molar-refractivity contribution in [2.75, 3.05) is 13.1 Å². The molecule has 2 rings (SSSR count). The molecule has 1 saturated carbocycles. The van der Waals surface area contributed by atoms with E-state index in [1.165, 1.54) is 58.0 Å². The second-order valence-electron chi connectivity index (χ2n) is 7.57. The van der Waals surface area contributed by atoms with Gasteiger partial charge >= 0.3 is 0 Å². The summed E-state index contributed by atoms with van der Waals surface area (Å²) >= 11 is 0. The van der Waals surface area contributed by atoms with Crippen molar-refractivity contribution < 1.29 is 6.90 Å². The first kappa shape index (κ1) is 18.9. The summed E-state index contributed by atoms with van der Waals surface area (Å²) in [5, 5.41) is 3.97. The molecule has 1 aliphatic carbocycles. The van der Waals surface area contributed by atoms with E-state index in [0.717, 1.165) is 30.0 Å². The van der Waals surface area contributed by atoms with Gasteiger partial charge in [0.25, 0.3) is 0 Å². The third-order valence-corrected chi connectivity index (χ3v) is 5.95. The van der Waals surface area contributed by atoms with Crippen LogP contribution in [-0.2, 0) is 0 Å². The lowest BCUT2D eigenvalue weighted by Crippen LogP contribution is -2.48. The van der Waals surface area contributed by atoms with E-state index in [4.69, 9.17) is 0 Å². The molecule has 0 aromatic heterocycles. The van der Waals surface area contributed by atoms with E-state index in [1.807, 2.05) is 0 Å². The van der Waals surface area contributed by atoms with Crippen molar-refractivity contribution in [1.82, 2.24) is 10.2 Å². The quantitative estimate of drug-likeness (QED) is 0.845. The van der Waals surface area contributed by atoms with Crippen LogP contribution in [0.1, 0.15) is 74.1 Å². The smallest absolute Gasteiger partial charge is 0.00940 e.